The molecule has 4 aliphatic rings. The SMILES string of the molecule is C#C[C@@]1(O)CC[C@@H]2[C@@H]3CCC4=C/C(=N/OCC(=O)N[C@H](C(=O)N[C@H](CC(N)=O)C(=O)O)C(C)C)CC[C@]4(C)[C@@H]3CC[C@@]21C. The monoisotopic (exact) mass is 598 g/mol. The maximum absolute atomic E-state index is 12.7. The number of aliphatic hydroxyl groups is 1. The number of carbonyl (C=O) groups excluding carboxylic acids is 3. The first-order chi connectivity index (χ1) is 20.1. The van der Waals surface area contributed by atoms with Gasteiger partial charge < -0.3 is 31.4 Å². The Balaban J connectivity index is 1.35. The molecule has 0 bridgehead atoms. The number of fused-ring (bicyclic) bond motifs is 5. The fourth-order valence-electron chi connectivity index (χ4n) is 8.48. The van der Waals surface area contributed by atoms with Crippen LogP contribution in [0.5, 0.6) is 0 Å². The molecule has 0 aliphatic heterocycles. The Bertz CT molecular complexity index is 1250. The molecule has 4 aliphatic carbocycles. The molecule has 0 radical (unpaired) electrons. The summed E-state index contributed by atoms with van der Waals surface area (Å²) in [6.07, 6.45) is 14.7. The summed E-state index contributed by atoms with van der Waals surface area (Å²) in [6, 6.07) is -2.53. The molecule has 0 aromatic rings. The van der Waals surface area contributed by atoms with Gasteiger partial charge in [0.05, 0.1) is 12.1 Å². The second kappa shape index (κ2) is 12.3. The van der Waals surface area contributed by atoms with Crippen LogP contribution in [-0.2, 0) is 24.0 Å². The number of nitrogens with one attached hydrogen (secondary N) is 2. The largest absolute Gasteiger partial charge is 0.480 e. The highest BCUT2D eigenvalue weighted by molar-refractivity contribution is 5.96. The van der Waals surface area contributed by atoms with E-state index in [1.54, 1.807) is 13.8 Å². The fraction of sp³-hybridized carbons (Fsp3) is 0.719. The number of carbonyl (C=O) groups is 4. The third-order valence-electron chi connectivity index (χ3n) is 11.0. The Hall–Kier alpha value is -3.39. The average Bonchev–Trinajstić information content (AvgIpc) is 3.21. The van der Waals surface area contributed by atoms with E-state index in [4.69, 9.17) is 17.0 Å². The van der Waals surface area contributed by atoms with Crippen LogP contribution in [0.3, 0.4) is 0 Å². The molecule has 0 spiro atoms. The van der Waals surface area contributed by atoms with Crippen molar-refractivity contribution in [2.45, 2.75) is 103 Å². The van der Waals surface area contributed by atoms with Crippen molar-refractivity contribution in [3.63, 3.8) is 0 Å². The Morgan fingerprint density at radius 2 is 1.81 bits per heavy atom. The summed E-state index contributed by atoms with van der Waals surface area (Å²) in [7, 11) is 0. The van der Waals surface area contributed by atoms with Gasteiger partial charge in [-0.2, -0.15) is 0 Å². The molecule has 0 saturated heterocycles. The summed E-state index contributed by atoms with van der Waals surface area (Å²) >= 11 is 0. The normalized spacial score (nSPS) is 35.3. The lowest BCUT2D eigenvalue weighted by atomic mass is 9.46. The van der Waals surface area contributed by atoms with Gasteiger partial charge in [0, 0.05) is 5.41 Å². The number of terminal acetylenes is 1. The Kier molecular flexibility index (Phi) is 9.31. The Morgan fingerprint density at radius 3 is 2.44 bits per heavy atom. The van der Waals surface area contributed by atoms with Crippen LogP contribution in [0.25, 0.3) is 0 Å². The topological polar surface area (TPSA) is 180 Å². The summed E-state index contributed by atoms with van der Waals surface area (Å²) in [5.41, 5.74) is 6.03. The third kappa shape index (κ3) is 6.17. The molecule has 236 valence electrons. The summed E-state index contributed by atoms with van der Waals surface area (Å²) in [6.45, 7) is 7.54. The van der Waals surface area contributed by atoms with E-state index in [2.05, 4.69) is 41.6 Å². The smallest absolute Gasteiger partial charge is 0.326 e. The van der Waals surface area contributed by atoms with Crippen LogP contribution in [0, 0.1) is 46.8 Å². The van der Waals surface area contributed by atoms with E-state index in [9.17, 15) is 29.4 Å². The molecule has 3 amide bonds. The molecule has 11 nitrogen and oxygen atoms in total. The first-order valence-electron chi connectivity index (χ1n) is 15.4. The minimum atomic E-state index is -1.49. The number of carboxylic acid groups (broad SMARTS) is 1. The predicted molar refractivity (Wildman–Crippen MR) is 159 cm³/mol. The van der Waals surface area contributed by atoms with Gasteiger partial charge in [0.2, 0.25) is 11.8 Å². The highest BCUT2D eigenvalue weighted by atomic mass is 16.6. The first kappa shape index (κ1) is 32.5. The van der Waals surface area contributed by atoms with Gasteiger partial charge in [-0.15, -0.1) is 6.42 Å². The predicted octanol–water partition coefficient (Wildman–Crippen LogP) is 2.27. The number of oxime groups is 1. The third-order valence-corrected chi connectivity index (χ3v) is 11.0. The lowest BCUT2D eigenvalue weighted by molar-refractivity contribution is -0.144. The number of rotatable bonds is 10. The molecule has 43 heavy (non-hydrogen) atoms. The van der Waals surface area contributed by atoms with Gasteiger partial charge in [0.1, 0.15) is 17.7 Å². The Labute approximate surface area is 253 Å². The van der Waals surface area contributed by atoms with E-state index in [0.29, 0.717) is 30.6 Å². The van der Waals surface area contributed by atoms with Crippen LogP contribution in [0.4, 0.5) is 0 Å². The number of nitrogens with two attached hydrogens (primary N) is 1. The van der Waals surface area contributed by atoms with E-state index in [1.807, 2.05) is 0 Å². The summed E-state index contributed by atoms with van der Waals surface area (Å²) < 4.78 is 0. The number of allylic oxidation sites excluding steroid dienone is 2. The molecular weight excluding hydrogens is 552 g/mol. The number of amides is 3. The zero-order chi connectivity index (χ0) is 31.7. The zero-order valence-corrected chi connectivity index (χ0v) is 25.7. The number of hydrogen-bond acceptors (Lipinski definition) is 7. The highest BCUT2D eigenvalue weighted by Gasteiger charge is 2.63. The number of carboxylic acids is 1. The number of primary amides is 1. The highest BCUT2D eigenvalue weighted by Crippen LogP contribution is 2.67. The zero-order valence-electron chi connectivity index (χ0n) is 25.7. The minimum absolute atomic E-state index is 0.0532. The maximum atomic E-state index is 12.7. The lowest BCUT2D eigenvalue weighted by Crippen LogP contribution is -2.54. The standard InChI is InChI=1S/C32H46N4O7/c1-6-32(42)14-11-23-21-8-7-19-15-20(9-12-30(19,4)22(21)10-13-31(23,32)5)36-43-17-26(38)35-27(18(2)3)28(39)34-24(29(40)41)16-25(33)37/h1,15,18,21-24,27,42H,7-14,16-17H2,2-5H3,(H2,33,37)(H,34,39)(H,35,38)(H,40,41)/b36-20+/t21-,22-,23-,24-,27+,30+,31+,32-/m1/s1. The van der Waals surface area contributed by atoms with Crippen LogP contribution >= 0.6 is 0 Å². The first-order valence-corrected chi connectivity index (χ1v) is 15.4. The molecule has 4 rings (SSSR count). The van der Waals surface area contributed by atoms with Crippen molar-refractivity contribution in [2.24, 2.45) is 45.4 Å². The van der Waals surface area contributed by atoms with Crippen molar-refractivity contribution >= 4 is 29.4 Å². The summed E-state index contributed by atoms with van der Waals surface area (Å²) in [5, 5.41) is 29.6. The minimum Gasteiger partial charge on any atom is -0.480 e. The van der Waals surface area contributed by atoms with Crippen LogP contribution < -0.4 is 16.4 Å². The van der Waals surface area contributed by atoms with E-state index in [-0.39, 0.29) is 16.7 Å². The van der Waals surface area contributed by atoms with Gasteiger partial charge in [-0.1, -0.05) is 44.3 Å². The summed E-state index contributed by atoms with van der Waals surface area (Å²) in [5.74, 6) is 0.285. The van der Waals surface area contributed by atoms with Crippen molar-refractivity contribution in [1.29, 1.82) is 0 Å². The molecule has 0 aromatic heterocycles. The van der Waals surface area contributed by atoms with Crippen LogP contribution in [0.15, 0.2) is 16.8 Å². The van der Waals surface area contributed by atoms with Gasteiger partial charge in [-0.05, 0) is 86.5 Å². The maximum Gasteiger partial charge on any atom is 0.326 e. The van der Waals surface area contributed by atoms with Gasteiger partial charge in [-0.3, -0.25) is 14.4 Å². The number of aliphatic carboxylic acids is 1. The van der Waals surface area contributed by atoms with Crippen molar-refractivity contribution in [3.8, 4) is 12.3 Å². The van der Waals surface area contributed by atoms with Gasteiger partial charge in [0.25, 0.3) is 5.91 Å². The molecule has 8 atom stereocenters. The number of nitrogens with zero attached hydrogens (tertiary/aromatic N) is 1. The van der Waals surface area contributed by atoms with Gasteiger partial charge in [-0.25, -0.2) is 4.79 Å². The molecule has 0 unspecified atom stereocenters. The average molecular weight is 599 g/mol. The molecule has 3 fully saturated rings. The second-order valence-corrected chi connectivity index (χ2v) is 13.7. The molecular formula is C32H46N4O7. The molecule has 6 N–H and O–H groups in total. The van der Waals surface area contributed by atoms with Crippen LogP contribution in [0.2, 0.25) is 0 Å². The van der Waals surface area contributed by atoms with E-state index in [1.165, 1.54) is 5.57 Å². The summed E-state index contributed by atoms with van der Waals surface area (Å²) in [4.78, 5) is 53.2. The van der Waals surface area contributed by atoms with Crippen molar-refractivity contribution in [2.75, 3.05) is 6.61 Å². The van der Waals surface area contributed by atoms with Gasteiger partial charge in [0.15, 0.2) is 6.61 Å². The Morgan fingerprint density at radius 1 is 1.12 bits per heavy atom. The van der Waals surface area contributed by atoms with E-state index in [0.717, 1.165) is 44.2 Å². The van der Waals surface area contributed by atoms with E-state index < -0.39 is 54.4 Å². The molecule has 0 aromatic carbocycles. The lowest BCUT2D eigenvalue weighted by Gasteiger charge is -2.58. The van der Waals surface area contributed by atoms with Crippen molar-refractivity contribution < 1.29 is 34.2 Å². The second-order valence-electron chi connectivity index (χ2n) is 13.7. The van der Waals surface area contributed by atoms with Crippen LogP contribution in [0.1, 0.15) is 85.5 Å². The van der Waals surface area contributed by atoms with E-state index >= 15 is 0 Å². The number of hydrogen-bond donors (Lipinski definition) is 5. The van der Waals surface area contributed by atoms with Gasteiger partial charge >= 0.3 is 5.97 Å². The van der Waals surface area contributed by atoms with Crippen LogP contribution in [-0.4, -0.2) is 63.9 Å². The fourth-order valence-corrected chi connectivity index (χ4v) is 8.48. The molecule has 0 heterocycles. The molecule has 3 saturated carbocycles. The molecule has 11 heteroatoms. The van der Waals surface area contributed by atoms with Crippen molar-refractivity contribution in [1.82, 2.24) is 10.6 Å². The quantitative estimate of drug-likeness (QED) is 0.189. The van der Waals surface area contributed by atoms with Crippen molar-refractivity contribution in [3.05, 3.63) is 11.6 Å².